The molecule has 1 unspecified atom stereocenters. The number of carbonyl (C=O) groups is 3. The number of aromatic nitrogens is 1. The molecule has 1 saturated heterocycles. The first kappa shape index (κ1) is 18.1. The van der Waals surface area contributed by atoms with Crippen molar-refractivity contribution in [3.8, 4) is 5.75 Å². The standard InChI is InChI=1S/C19H18N2O4S/c1-2-12-5-8-15(20-10-12)17(22)11-25-14-6-3-13(4-7-14)9-16-18(23)26-19(24)21-16/h3-8,10,16H,2,9,11H2,1H3,(H,21,24). The second-order valence-corrected chi connectivity index (χ2v) is 6.85. The number of ketones is 1. The van der Waals surface area contributed by atoms with Gasteiger partial charge >= 0.3 is 0 Å². The number of amides is 1. The molecule has 1 aliphatic heterocycles. The second-order valence-electron chi connectivity index (χ2n) is 5.87. The molecule has 1 amide bonds. The third-order valence-electron chi connectivity index (χ3n) is 4.02. The quantitative estimate of drug-likeness (QED) is 0.755. The van der Waals surface area contributed by atoms with Gasteiger partial charge in [-0.3, -0.25) is 19.4 Å². The fraction of sp³-hybridized carbons (Fsp3) is 0.263. The van der Waals surface area contributed by atoms with E-state index in [0.717, 1.165) is 17.5 Å². The fourth-order valence-corrected chi connectivity index (χ4v) is 3.17. The lowest BCUT2D eigenvalue weighted by Crippen LogP contribution is -2.30. The first-order valence-electron chi connectivity index (χ1n) is 8.27. The van der Waals surface area contributed by atoms with Gasteiger partial charge in [0.25, 0.3) is 5.24 Å². The van der Waals surface area contributed by atoms with Crippen LogP contribution in [0.15, 0.2) is 42.6 Å². The highest BCUT2D eigenvalue weighted by Crippen LogP contribution is 2.20. The molecule has 134 valence electrons. The number of ether oxygens (including phenoxy) is 1. The molecule has 7 heteroatoms. The van der Waals surface area contributed by atoms with Crippen LogP contribution in [0.4, 0.5) is 4.79 Å². The zero-order valence-corrected chi connectivity index (χ0v) is 15.0. The van der Waals surface area contributed by atoms with Gasteiger partial charge in [0.15, 0.2) is 6.61 Å². The molecule has 0 radical (unpaired) electrons. The summed E-state index contributed by atoms with van der Waals surface area (Å²) in [6.45, 7) is 1.94. The van der Waals surface area contributed by atoms with Gasteiger partial charge in [-0.15, -0.1) is 0 Å². The Labute approximate surface area is 155 Å². The van der Waals surface area contributed by atoms with Crippen molar-refractivity contribution in [2.45, 2.75) is 25.8 Å². The minimum atomic E-state index is -0.488. The van der Waals surface area contributed by atoms with E-state index in [2.05, 4.69) is 10.3 Å². The summed E-state index contributed by atoms with van der Waals surface area (Å²) in [5, 5.41) is 2.15. The number of nitrogens with zero attached hydrogens (tertiary/aromatic N) is 1. The van der Waals surface area contributed by atoms with Gasteiger partial charge in [-0.2, -0.15) is 0 Å². The Kier molecular flexibility index (Phi) is 5.68. The molecule has 0 spiro atoms. The number of benzene rings is 1. The van der Waals surface area contributed by atoms with Gasteiger partial charge in [-0.1, -0.05) is 25.1 Å². The number of thioether (sulfide) groups is 1. The molecule has 6 nitrogen and oxygen atoms in total. The highest BCUT2D eigenvalue weighted by Gasteiger charge is 2.31. The summed E-state index contributed by atoms with van der Waals surface area (Å²) in [6, 6.07) is 10.2. The third-order valence-corrected chi connectivity index (χ3v) is 4.81. The van der Waals surface area contributed by atoms with Crippen molar-refractivity contribution in [1.29, 1.82) is 0 Å². The van der Waals surface area contributed by atoms with Gasteiger partial charge in [-0.25, -0.2) is 0 Å². The topological polar surface area (TPSA) is 85.4 Å². The monoisotopic (exact) mass is 370 g/mol. The Morgan fingerprint density at radius 1 is 1.15 bits per heavy atom. The third kappa shape index (κ3) is 4.49. The average molecular weight is 370 g/mol. The zero-order chi connectivity index (χ0) is 18.5. The summed E-state index contributed by atoms with van der Waals surface area (Å²) >= 11 is 0.705. The number of Topliss-reactive ketones (excluding diaryl/α,β-unsaturated/α-hetero) is 1. The number of hydrogen-bond acceptors (Lipinski definition) is 6. The number of nitrogens with one attached hydrogen (secondary N) is 1. The molecule has 3 rings (SSSR count). The maximum Gasteiger partial charge on any atom is 0.287 e. The largest absolute Gasteiger partial charge is 0.485 e. The minimum absolute atomic E-state index is 0.0916. The number of rotatable bonds is 7. The van der Waals surface area contributed by atoms with Crippen molar-refractivity contribution in [3.05, 3.63) is 59.4 Å². The predicted octanol–water partition coefficient (Wildman–Crippen LogP) is 2.80. The Morgan fingerprint density at radius 2 is 1.88 bits per heavy atom. The molecule has 1 atom stereocenters. The molecular weight excluding hydrogens is 352 g/mol. The lowest BCUT2D eigenvalue weighted by Gasteiger charge is -2.09. The van der Waals surface area contributed by atoms with E-state index < -0.39 is 6.04 Å². The Bertz CT molecular complexity index is 818. The van der Waals surface area contributed by atoms with Gasteiger partial charge in [0.05, 0.1) is 0 Å². The molecule has 2 heterocycles. The molecule has 0 saturated carbocycles. The van der Waals surface area contributed by atoms with E-state index >= 15 is 0 Å². The molecule has 1 aromatic carbocycles. The van der Waals surface area contributed by atoms with E-state index in [1.165, 1.54) is 0 Å². The van der Waals surface area contributed by atoms with Crippen LogP contribution < -0.4 is 10.1 Å². The van der Waals surface area contributed by atoms with Crippen molar-refractivity contribution >= 4 is 27.9 Å². The SMILES string of the molecule is CCc1ccc(C(=O)COc2ccc(CC3NC(=O)SC3=O)cc2)nc1. The van der Waals surface area contributed by atoms with Gasteiger partial charge in [0, 0.05) is 24.4 Å². The van der Waals surface area contributed by atoms with Crippen molar-refractivity contribution in [3.63, 3.8) is 0 Å². The molecule has 0 bridgehead atoms. The molecule has 1 aliphatic rings. The Morgan fingerprint density at radius 3 is 2.46 bits per heavy atom. The van der Waals surface area contributed by atoms with Crippen LogP contribution in [0, 0.1) is 0 Å². The van der Waals surface area contributed by atoms with E-state index in [1.54, 1.807) is 24.4 Å². The number of carbonyl (C=O) groups excluding carboxylic acids is 3. The molecule has 1 aromatic heterocycles. The summed E-state index contributed by atoms with van der Waals surface area (Å²) in [6.07, 6.45) is 3.01. The van der Waals surface area contributed by atoms with Crippen molar-refractivity contribution in [2.75, 3.05) is 6.61 Å². The van der Waals surface area contributed by atoms with Gasteiger partial charge in [-0.05, 0) is 35.7 Å². The predicted molar refractivity (Wildman–Crippen MR) is 98.5 cm³/mol. The summed E-state index contributed by atoms with van der Waals surface area (Å²) in [5.41, 5.74) is 2.36. The molecule has 26 heavy (non-hydrogen) atoms. The molecular formula is C19H18N2O4S. The summed E-state index contributed by atoms with van der Waals surface area (Å²) in [4.78, 5) is 39.1. The van der Waals surface area contributed by atoms with E-state index in [1.807, 2.05) is 25.1 Å². The van der Waals surface area contributed by atoms with Crippen molar-refractivity contribution < 1.29 is 19.1 Å². The smallest absolute Gasteiger partial charge is 0.287 e. The lowest BCUT2D eigenvalue weighted by molar-refractivity contribution is -0.112. The normalized spacial score (nSPS) is 16.4. The van der Waals surface area contributed by atoms with Crippen LogP contribution >= 0.6 is 11.8 Å². The Balaban J connectivity index is 1.53. The Hall–Kier alpha value is -2.67. The second kappa shape index (κ2) is 8.14. The van der Waals surface area contributed by atoms with Crippen molar-refractivity contribution in [1.82, 2.24) is 10.3 Å². The highest BCUT2D eigenvalue weighted by molar-refractivity contribution is 8.26. The minimum Gasteiger partial charge on any atom is -0.485 e. The van der Waals surface area contributed by atoms with E-state index in [-0.39, 0.29) is 22.7 Å². The maximum atomic E-state index is 12.1. The summed E-state index contributed by atoms with van der Waals surface area (Å²) < 4.78 is 5.51. The van der Waals surface area contributed by atoms with Gasteiger partial charge < -0.3 is 10.1 Å². The zero-order valence-electron chi connectivity index (χ0n) is 14.2. The lowest BCUT2D eigenvalue weighted by atomic mass is 10.1. The van der Waals surface area contributed by atoms with Crippen LogP contribution in [0.3, 0.4) is 0 Å². The summed E-state index contributed by atoms with van der Waals surface area (Å²) in [7, 11) is 0. The van der Waals surface area contributed by atoms with Crippen LogP contribution in [0.25, 0.3) is 0 Å². The van der Waals surface area contributed by atoms with Gasteiger partial charge in [0.1, 0.15) is 17.5 Å². The first-order chi connectivity index (χ1) is 12.5. The van der Waals surface area contributed by atoms with Crippen LogP contribution in [0.1, 0.15) is 28.5 Å². The number of hydrogen-bond donors (Lipinski definition) is 1. The molecule has 1 N–H and O–H groups in total. The molecule has 1 fully saturated rings. The van der Waals surface area contributed by atoms with Gasteiger partial charge in [0.2, 0.25) is 10.9 Å². The number of aryl methyl sites for hydroxylation is 1. The van der Waals surface area contributed by atoms with Crippen LogP contribution in [0.5, 0.6) is 5.75 Å². The summed E-state index contributed by atoms with van der Waals surface area (Å²) in [5.74, 6) is 0.372. The van der Waals surface area contributed by atoms with Crippen LogP contribution in [-0.4, -0.2) is 33.8 Å². The van der Waals surface area contributed by atoms with E-state index in [4.69, 9.17) is 4.74 Å². The molecule has 2 aromatic rings. The fourth-order valence-electron chi connectivity index (χ4n) is 2.51. The average Bonchev–Trinajstić information content (AvgIpc) is 2.98. The number of pyridine rings is 1. The van der Waals surface area contributed by atoms with Crippen molar-refractivity contribution in [2.24, 2.45) is 0 Å². The van der Waals surface area contributed by atoms with E-state index in [9.17, 15) is 14.4 Å². The molecule has 0 aliphatic carbocycles. The van der Waals surface area contributed by atoms with Crippen LogP contribution in [0.2, 0.25) is 0 Å². The highest BCUT2D eigenvalue weighted by atomic mass is 32.2. The van der Waals surface area contributed by atoms with Crippen LogP contribution in [-0.2, 0) is 17.6 Å². The van der Waals surface area contributed by atoms with E-state index in [0.29, 0.717) is 29.6 Å². The first-order valence-corrected chi connectivity index (χ1v) is 9.09. The maximum absolute atomic E-state index is 12.1.